The van der Waals surface area contributed by atoms with Gasteiger partial charge in [-0.15, -0.1) is 0 Å². The molecule has 6 atom stereocenters. The molecule has 7 nitrogen and oxygen atoms in total. The molecule has 2 N–H and O–H groups in total. The maximum absolute atomic E-state index is 13.8. The maximum atomic E-state index is 13.8. The first-order chi connectivity index (χ1) is 18.8. The van der Waals surface area contributed by atoms with Crippen LogP contribution in [-0.2, 0) is 22.7 Å². The van der Waals surface area contributed by atoms with E-state index in [-0.39, 0.29) is 36.0 Å². The number of amides is 1. The van der Waals surface area contributed by atoms with Gasteiger partial charge in [0.2, 0.25) is 5.91 Å². The summed E-state index contributed by atoms with van der Waals surface area (Å²) in [6.07, 6.45) is 3.89. The topological polar surface area (TPSA) is 68.3 Å². The highest BCUT2D eigenvalue weighted by molar-refractivity contribution is 5.82. The van der Waals surface area contributed by atoms with Gasteiger partial charge in [0.25, 0.3) is 0 Å². The summed E-state index contributed by atoms with van der Waals surface area (Å²) < 4.78 is 0. The van der Waals surface area contributed by atoms with Gasteiger partial charge in [-0.3, -0.25) is 14.5 Å². The number of carbonyl (C=O) groups excluding carboxylic acids is 1. The van der Waals surface area contributed by atoms with Gasteiger partial charge < -0.3 is 15.3 Å². The predicted molar refractivity (Wildman–Crippen MR) is 161 cm³/mol. The van der Waals surface area contributed by atoms with E-state index >= 15 is 0 Å². The van der Waals surface area contributed by atoms with Crippen LogP contribution in [0.3, 0.4) is 0 Å². The fraction of sp³-hybridized carbons (Fsp3) is 0.788. The summed E-state index contributed by atoms with van der Waals surface area (Å²) in [5, 5.41) is 15.4. The standard InChI is InChI=1S/C33H56N4O3/c1-9-28-29(21-38)40-37(30(28)31(39)34-27-17-25-16-26(18-27)33(25,5)6)20-24-12-10-11-23(15-24)19-36(14-13-35(7)8)22-32(2,3)4/h10-12,15,25-30,38H,9,13-14,16-22H2,1-8H3,(H,34,39)/t25-,26+,27?,28-,29+,30+/m1/s1. The van der Waals surface area contributed by atoms with E-state index in [1.54, 1.807) is 0 Å². The highest BCUT2D eigenvalue weighted by Gasteiger charge is 2.53. The first-order valence-electron chi connectivity index (χ1n) is 15.6. The van der Waals surface area contributed by atoms with Crippen molar-refractivity contribution in [1.29, 1.82) is 0 Å². The molecule has 3 aliphatic carbocycles. The van der Waals surface area contributed by atoms with E-state index in [0.717, 1.165) is 51.0 Å². The van der Waals surface area contributed by atoms with Crippen LogP contribution in [0.4, 0.5) is 0 Å². The zero-order valence-electron chi connectivity index (χ0n) is 26.4. The summed E-state index contributed by atoms with van der Waals surface area (Å²) in [7, 11) is 4.25. The van der Waals surface area contributed by atoms with E-state index < -0.39 is 6.04 Å². The summed E-state index contributed by atoms with van der Waals surface area (Å²) in [5.41, 5.74) is 3.04. The molecule has 226 valence electrons. The third kappa shape index (κ3) is 7.46. The fourth-order valence-electron chi connectivity index (χ4n) is 7.45. The molecular weight excluding hydrogens is 500 g/mol. The molecule has 2 bridgehead atoms. The predicted octanol–water partition coefficient (Wildman–Crippen LogP) is 4.54. The van der Waals surface area contributed by atoms with E-state index in [1.807, 2.05) is 5.06 Å². The Morgan fingerprint density at radius 3 is 2.38 bits per heavy atom. The fourth-order valence-corrected chi connectivity index (χ4v) is 7.45. The van der Waals surface area contributed by atoms with Crippen molar-refractivity contribution in [3.8, 4) is 0 Å². The number of likely N-dealkylation sites (N-methyl/N-ethyl adjacent to an activating group) is 1. The van der Waals surface area contributed by atoms with Crippen LogP contribution >= 0.6 is 0 Å². The number of aliphatic hydroxyl groups excluding tert-OH is 1. The molecule has 3 saturated carbocycles. The van der Waals surface area contributed by atoms with Gasteiger partial charge in [0.05, 0.1) is 13.2 Å². The molecule has 1 aromatic rings. The van der Waals surface area contributed by atoms with Crippen LogP contribution in [-0.4, -0.2) is 84.4 Å². The van der Waals surface area contributed by atoms with Crippen LogP contribution in [0.25, 0.3) is 0 Å². The molecule has 5 rings (SSSR count). The van der Waals surface area contributed by atoms with Crippen molar-refractivity contribution in [3.63, 3.8) is 0 Å². The Bertz CT molecular complexity index is 976. The minimum absolute atomic E-state index is 0.0314. The smallest absolute Gasteiger partial charge is 0.240 e. The molecular formula is C33H56N4O3. The Hall–Kier alpha value is -1.51. The van der Waals surface area contributed by atoms with Gasteiger partial charge in [-0.1, -0.05) is 65.8 Å². The molecule has 1 saturated heterocycles. The van der Waals surface area contributed by atoms with Crippen LogP contribution in [0.15, 0.2) is 24.3 Å². The van der Waals surface area contributed by atoms with E-state index in [4.69, 9.17) is 4.84 Å². The van der Waals surface area contributed by atoms with E-state index in [1.165, 1.54) is 12.0 Å². The zero-order valence-corrected chi connectivity index (χ0v) is 26.4. The molecule has 1 heterocycles. The average Bonchev–Trinajstić information content (AvgIpc) is 3.24. The SMILES string of the molecule is CC[C@@H]1[C@H](CO)ON(Cc2cccc(CN(CCN(C)C)CC(C)(C)C)c2)[C@@H]1C(=O)NC1C[C@@H]2C[C@H](C1)C2(C)C. The second-order valence-corrected chi connectivity index (χ2v) is 14.9. The number of aliphatic hydroxyl groups is 1. The number of nitrogens with zero attached hydrogens (tertiary/aromatic N) is 3. The number of rotatable bonds is 12. The van der Waals surface area contributed by atoms with Crippen molar-refractivity contribution in [2.24, 2.45) is 28.6 Å². The third-order valence-electron chi connectivity index (χ3n) is 9.84. The van der Waals surface area contributed by atoms with Crippen molar-refractivity contribution < 1.29 is 14.7 Å². The van der Waals surface area contributed by atoms with Crippen LogP contribution in [0.5, 0.6) is 0 Å². The third-order valence-corrected chi connectivity index (χ3v) is 9.84. The first kappa shape index (κ1) is 31.4. The Kier molecular flexibility index (Phi) is 10.0. The van der Waals surface area contributed by atoms with Gasteiger partial charge >= 0.3 is 0 Å². The van der Waals surface area contributed by atoms with Crippen LogP contribution < -0.4 is 5.32 Å². The molecule has 0 spiro atoms. The quantitative estimate of drug-likeness (QED) is 0.394. The number of fused-ring (bicyclic) bond motifs is 2. The zero-order chi connectivity index (χ0) is 29.2. The van der Waals surface area contributed by atoms with Crippen molar-refractivity contribution >= 4 is 5.91 Å². The number of hydroxylamine groups is 2. The first-order valence-corrected chi connectivity index (χ1v) is 15.6. The molecule has 1 aliphatic heterocycles. The summed E-state index contributed by atoms with van der Waals surface area (Å²) in [5.74, 6) is 1.44. The summed E-state index contributed by atoms with van der Waals surface area (Å²) in [6.45, 7) is 18.1. The summed E-state index contributed by atoms with van der Waals surface area (Å²) in [4.78, 5) is 24.8. The molecule has 7 heteroatoms. The van der Waals surface area contributed by atoms with Gasteiger partial charge in [-0.25, -0.2) is 0 Å². The van der Waals surface area contributed by atoms with E-state index in [0.29, 0.717) is 23.8 Å². The lowest BCUT2D eigenvalue weighted by Crippen LogP contribution is -2.58. The second kappa shape index (κ2) is 12.8. The van der Waals surface area contributed by atoms with E-state index in [9.17, 15) is 9.90 Å². The maximum Gasteiger partial charge on any atom is 0.240 e. The Labute approximate surface area is 243 Å². The number of carbonyl (C=O) groups is 1. The number of nitrogens with one attached hydrogen (secondary N) is 1. The summed E-state index contributed by atoms with van der Waals surface area (Å²) in [6, 6.07) is 8.55. The molecule has 1 unspecified atom stereocenters. The van der Waals surface area contributed by atoms with Crippen LogP contribution in [0, 0.1) is 28.6 Å². The van der Waals surface area contributed by atoms with Crippen molar-refractivity contribution in [2.75, 3.05) is 40.3 Å². The Balaban J connectivity index is 1.45. The van der Waals surface area contributed by atoms with Gasteiger partial charge in [-0.2, -0.15) is 5.06 Å². The van der Waals surface area contributed by atoms with Crippen LogP contribution in [0.2, 0.25) is 0 Å². The van der Waals surface area contributed by atoms with Crippen molar-refractivity contribution in [3.05, 3.63) is 35.4 Å². The lowest BCUT2D eigenvalue weighted by atomic mass is 9.48. The number of benzene rings is 1. The van der Waals surface area contributed by atoms with Gasteiger partial charge in [0.15, 0.2) is 0 Å². The largest absolute Gasteiger partial charge is 0.394 e. The van der Waals surface area contributed by atoms with Gasteiger partial charge in [-0.05, 0) is 73.6 Å². The van der Waals surface area contributed by atoms with Crippen molar-refractivity contribution in [2.45, 2.75) is 98.5 Å². The summed E-state index contributed by atoms with van der Waals surface area (Å²) >= 11 is 0. The lowest BCUT2D eigenvalue weighted by Gasteiger charge is -2.59. The Morgan fingerprint density at radius 2 is 1.80 bits per heavy atom. The van der Waals surface area contributed by atoms with Gasteiger partial charge in [0, 0.05) is 38.1 Å². The van der Waals surface area contributed by atoms with Gasteiger partial charge in [0.1, 0.15) is 12.1 Å². The molecule has 40 heavy (non-hydrogen) atoms. The monoisotopic (exact) mass is 556 g/mol. The molecule has 4 fully saturated rings. The van der Waals surface area contributed by atoms with Crippen molar-refractivity contribution in [1.82, 2.24) is 20.2 Å². The van der Waals surface area contributed by atoms with E-state index in [2.05, 4.69) is 95.0 Å². The molecule has 0 radical (unpaired) electrons. The number of hydrogen-bond acceptors (Lipinski definition) is 6. The molecule has 1 amide bonds. The van der Waals surface area contributed by atoms with Crippen LogP contribution in [0.1, 0.15) is 78.4 Å². The number of hydrogen-bond donors (Lipinski definition) is 2. The Morgan fingerprint density at radius 1 is 1.12 bits per heavy atom. The molecule has 4 aliphatic rings. The average molecular weight is 557 g/mol. The molecule has 1 aromatic carbocycles. The normalized spacial score (nSPS) is 30.1. The highest BCUT2D eigenvalue weighted by Crippen LogP contribution is 2.59. The molecule has 0 aromatic heterocycles. The highest BCUT2D eigenvalue weighted by atomic mass is 16.7. The minimum atomic E-state index is -0.394. The minimum Gasteiger partial charge on any atom is -0.394 e. The lowest BCUT2D eigenvalue weighted by molar-refractivity contribution is -0.182. The second-order valence-electron chi connectivity index (χ2n) is 14.9.